The number of rotatable bonds is 6. The Morgan fingerprint density at radius 2 is 1.23 bits per heavy atom. The van der Waals surface area contributed by atoms with Crippen LogP contribution in [0.3, 0.4) is 0 Å². The molecule has 0 aromatic rings. The van der Waals surface area contributed by atoms with Crippen LogP contribution in [0.4, 0.5) is 0 Å². The fraction of sp³-hybridized carbons (Fsp3) is 0.667. The van der Waals surface area contributed by atoms with Gasteiger partial charge in [0.15, 0.2) is 24.4 Å². The minimum absolute atomic E-state index is 0.415. The smallest absolute Gasteiger partial charge is 0.303 e. The summed E-state index contributed by atoms with van der Waals surface area (Å²) in [6, 6.07) is 0. The van der Waals surface area contributed by atoms with E-state index in [0.29, 0.717) is 0 Å². The second-order valence-electron chi connectivity index (χ2n) is 5.52. The monoisotopic (exact) mass is 375 g/mol. The van der Waals surface area contributed by atoms with Crippen LogP contribution in [0.2, 0.25) is 0 Å². The third-order valence-corrected chi connectivity index (χ3v) is 3.27. The van der Waals surface area contributed by atoms with Crippen LogP contribution < -0.4 is 5.73 Å². The molecule has 146 valence electrons. The van der Waals surface area contributed by atoms with Crippen LogP contribution in [0.15, 0.2) is 0 Å². The highest BCUT2D eigenvalue weighted by Crippen LogP contribution is 2.29. The molecule has 0 aliphatic carbocycles. The van der Waals surface area contributed by atoms with Crippen molar-refractivity contribution in [3.63, 3.8) is 0 Å². The van der Waals surface area contributed by atoms with Crippen molar-refractivity contribution in [2.75, 3.05) is 6.61 Å². The van der Waals surface area contributed by atoms with E-state index < -0.39 is 66.9 Å². The summed E-state index contributed by atoms with van der Waals surface area (Å²) in [4.78, 5) is 57.1. The lowest BCUT2D eigenvalue weighted by molar-refractivity contribution is -0.248. The molecule has 0 radical (unpaired) electrons. The molecule has 11 heteroatoms. The van der Waals surface area contributed by atoms with E-state index in [-0.39, 0.29) is 0 Å². The Kier molecular flexibility index (Phi) is 7.50. The molecule has 0 aromatic carbocycles. The number of ether oxygens (including phenoxy) is 5. The summed E-state index contributed by atoms with van der Waals surface area (Å²) in [6.45, 7) is 3.96. The molecule has 5 atom stereocenters. The highest BCUT2D eigenvalue weighted by atomic mass is 16.7. The molecular formula is C15H21NO10. The van der Waals surface area contributed by atoms with Crippen molar-refractivity contribution < 1.29 is 47.7 Å². The maximum Gasteiger partial charge on any atom is 0.303 e. The summed E-state index contributed by atoms with van der Waals surface area (Å²) >= 11 is 0. The fourth-order valence-electron chi connectivity index (χ4n) is 2.46. The van der Waals surface area contributed by atoms with Gasteiger partial charge in [-0.25, -0.2) is 0 Å². The van der Waals surface area contributed by atoms with Gasteiger partial charge in [-0.2, -0.15) is 0 Å². The van der Waals surface area contributed by atoms with Gasteiger partial charge in [-0.05, 0) is 0 Å². The zero-order valence-corrected chi connectivity index (χ0v) is 14.8. The Labute approximate surface area is 149 Å². The molecule has 0 spiro atoms. The maximum absolute atomic E-state index is 11.7. The minimum Gasteiger partial charge on any atom is -0.463 e. The van der Waals surface area contributed by atoms with E-state index in [0.717, 1.165) is 27.7 Å². The van der Waals surface area contributed by atoms with Crippen LogP contribution >= 0.6 is 0 Å². The second-order valence-corrected chi connectivity index (χ2v) is 5.52. The van der Waals surface area contributed by atoms with Gasteiger partial charge in [0, 0.05) is 27.7 Å². The highest BCUT2D eigenvalue weighted by Gasteiger charge is 2.53. The van der Waals surface area contributed by atoms with Gasteiger partial charge in [-0.15, -0.1) is 0 Å². The number of carbonyl (C=O) groups excluding carboxylic acids is 5. The SMILES string of the molecule is CC(=O)OC[C@H]1O[C@@H](C(N)=O)[C@H](OC(C)=O)[C@@H](OC(C)=O)[C@@H]1OC(C)=O. The Balaban J connectivity index is 3.29. The summed E-state index contributed by atoms with van der Waals surface area (Å²) in [5, 5.41) is 0. The molecule has 1 saturated heterocycles. The average Bonchev–Trinajstić information content (AvgIpc) is 2.47. The Hall–Kier alpha value is -2.69. The predicted molar refractivity (Wildman–Crippen MR) is 81.2 cm³/mol. The van der Waals surface area contributed by atoms with Crippen molar-refractivity contribution in [2.45, 2.75) is 58.2 Å². The number of esters is 4. The van der Waals surface area contributed by atoms with Crippen molar-refractivity contribution in [2.24, 2.45) is 5.73 Å². The summed E-state index contributed by atoms with van der Waals surface area (Å²) in [7, 11) is 0. The third-order valence-electron chi connectivity index (χ3n) is 3.27. The quantitative estimate of drug-likeness (QED) is 0.432. The zero-order chi connectivity index (χ0) is 20.0. The third kappa shape index (κ3) is 5.99. The van der Waals surface area contributed by atoms with Gasteiger partial charge in [-0.1, -0.05) is 0 Å². The molecule has 2 N–H and O–H groups in total. The van der Waals surface area contributed by atoms with Crippen LogP contribution in [0.5, 0.6) is 0 Å². The fourth-order valence-corrected chi connectivity index (χ4v) is 2.46. The molecule has 1 fully saturated rings. The molecule has 0 unspecified atom stereocenters. The van der Waals surface area contributed by atoms with E-state index in [1.54, 1.807) is 0 Å². The lowest BCUT2D eigenvalue weighted by atomic mass is 9.93. The topological polar surface area (TPSA) is 158 Å². The first kappa shape index (κ1) is 21.4. The Morgan fingerprint density at radius 1 is 0.769 bits per heavy atom. The Bertz CT molecular complexity index is 589. The van der Waals surface area contributed by atoms with Gasteiger partial charge in [-0.3, -0.25) is 24.0 Å². The molecule has 1 aliphatic rings. The van der Waals surface area contributed by atoms with Crippen molar-refractivity contribution in [1.82, 2.24) is 0 Å². The van der Waals surface area contributed by atoms with Crippen molar-refractivity contribution in [1.29, 1.82) is 0 Å². The van der Waals surface area contributed by atoms with Gasteiger partial charge in [0.05, 0.1) is 0 Å². The lowest BCUT2D eigenvalue weighted by Crippen LogP contribution is -2.65. The molecule has 26 heavy (non-hydrogen) atoms. The molecule has 1 amide bonds. The first-order valence-electron chi connectivity index (χ1n) is 7.62. The van der Waals surface area contributed by atoms with Gasteiger partial charge in [0.1, 0.15) is 12.7 Å². The van der Waals surface area contributed by atoms with Crippen LogP contribution in [-0.4, -0.2) is 66.9 Å². The number of carbonyl (C=O) groups is 5. The Morgan fingerprint density at radius 3 is 1.65 bits per heavy atom. The second kappa shape index (κ2) is 9.13. The maximum atomic E-state index is 11.7. The van der Waals surface area contributed by atoms with Gasteiger partial charge in [0.25, 0.3) is 5.91 Å². The largest absolute Gasteiger partial charge is 0.463 e. The summed E-state index contributed by atoms with van der Waals surface area (Å²) in [5.41, 5.74) is 5.28. The van der Waals surface area contributed by atoms with Gasteiger partial charge >= 0.3 is 23.9 Å². The van der Waals surface area contributed by atoms with Gasteiger partial charge < -0.3 is 29.4 Å². The van der Waals surface area contributed by atoms with Gasteiger partial charge in [0.2, 0.25) is 0 Å². The molecule has 1 aliphatic heterocycles. The lowest BCUT2D eigenvalue weighted by Gasteiger charge is -2.43. The zero-order valence-electron chi connectivity index (χ0n) is 14.8. The number of hydrogen-bond acceptors (Lipinski definition) is 10. The number of hydrogen-bond donors (Lipinski definition) is 1. The molecule has 1 heterocycles. The van der Waals surface area contributed by atoms with Crippen molar-refractivity contribution in [3.05, 3.63) is 0 Å². The average molecular weight is 375 g/mol. The number of primary amides is 1. The molecule has 0 saturated carbocycles. The van der Waals surface area contributed by atoms with E-state index >= 15 is 0 Å². The van der Waals surface area contributed by atoms with E-state index in [1.165, 1.54) is 0 Å². The summed E-state index contributed by atoms with van der Waals surface area (Å²) in [6.07, 6.45) is -6.86. The van der Waals surface area contributed by atoms with Crippen molar-refractivity contribution >= 4 is 29.8 Å². The summed E-state index contributed by atoms with van der Waals surface area (Å²) in [5.74, 6) is -4.02. The van der Waals surface area contributed by atoms with Crippen LogP contribution in [-0.2, 0) is 47.7 Å². The van der Waals surface area contributed by atoms with E-state index in [1.807, 2.05) is 0 Å². The van der Waals surface area contributed by atoms with Crippen molar-refractivity contribution in [3.8, 4) is 0 Å². The van der Waals surface area contributed by atoms with E-state index in [2.05, 4.69) is 0 Å². The van der Waals surface area contributed by atoms with Crippen LogP contribution in [0.1, 0.15) is 27.7 Å². The molecule has 0 aromatic heterocycles. The van der Waals surface area contributed by atoms with Crippen LogP contribution in [0, 0.1) is 0 Å². The first-order chi connectivity index (χ1) is 12.0. The molecule has 0 bridgehead atoms. The van der Waals surface area contributed by atoms with E-state index in [9.17, 15) is 24.0 Å². The van der Waals surface area contributed by atoms with Crippen LogP contribution in [0.25, 0.3) is 0 Å². The minimum atomic E-state index is -1.52. The van der Waals surface area contributed by atoms with E-state index in [4.69, 9.17) is 29.4 Å². The molecule has 11 nitrogen and oxygen atoms in total. The predicted octanol–water partition coefficient (Wildman–Crippen LogP) is -1.40. The highest BCUT2D eigenvalue weighted by molar-refractivity contribution is 5.81. The summed E-state index contributed by atoms with van der Waals surface area (Å²) < 4.78 is 25.5. The number of amides is 1. The molecular weight excluding hydrogens is 354 g/mol. The standard InChI is InChI=1S/C15H21NO10/c1-6(17)22-5-10-11(23-7(2)18)12(24-8(3)19)13(25-9(4)20)14(26-10)15(16)21/h10-14H,5H2,1-4H3,(H2,16,21)/t10-,11-,12+,13-,14-/m1/s1. The molecule has 1 rings (SSSR count). The normalized spacial score (nSPS) is 27.8. The number of nitrogens with two attached hydrogens (primary N) is 1. The first-order valence-corrected chi connectivity index (χ1v) is 7.62.